The monoisotopic (exact) mass is 318 g/mol. The zero-order valence-corrected chi connectivity index (χ0v) is 8.96. The largest absolute Gasteiger partial charge is 0.573 e. The van der Waals surface area contributed by atoms with E-state index in [-0.39, 0.29) is 21.4 Å². The molecule has 0 fully saturated rings. The topological polar surface area (TPSA) is 48.1 Å². The van der Waals surface area contributed by atoms with Crippen LogP contribution < -0.4 is 10.5 Å². The van der Waals surface area contributed by atoms with Gasteiger partial charge in [-0.1, -0.05) is 0 Å². The first-order valence-electron chi connectivity index (χ1n) is 3.52. The Balaban J connectivity index is 3.05. The number of hydrogen-bond acceptors (Lipinski definition) is 3. The molecule has 0 unspecified atom stereocenters. The molecule has 3 nitrogen and oxygen atoms in total. The molecule has 1 rings (SSSR count). The molecule has 1 heterocycles. The van der Waals surface area contributed by atoms with Crippen LogP contribution in [-0.2, 0) is 6.54 Å². The molecule has 1 aromatic heterocycles. The molecule has 1 aromatic rings. The second-order valence-corrected chi connectivity index (χ2v) is 3.52. The van der Waals surface area contributed by atoms with Crippen LogP contribution in [0.15, 0.2) is 12.4 Å². The number of halogens is 4. The predicted molar refractivity (Wildman–Crippen MR) is 51.5 cm³/mol. The molecule has 14 heavy (non-hydrogen) atoms. The molecule has 0 spiro atoms. The van der Waals surface area contributed by atoms with E-state index in [0.717, 1.165) is 0 Å². The van der Waals surface area contributed by atoms with Gasteiger partial charge in [0, 0.05) is 24.5 Å². The van der Waals surface area contributed by atoms with Crippen molar-refractivity contribution in [2.45, 2.75) is 12.9 Å². The molecule has 0 aliphatic rings. The molecule has 0 bridgehead atoms. The molecule has 0 saturated carbocycles. The normalized spacial score (nSPS) is 11.5. The fourth-order valence-electron chi connectivity index (χ4n) is 0.839. The smallest absolute Gasteiger partial charge is 0.404 e. The van der Waals surface area contributed by atoms with Gasteiger partial charge in [-0.15, -0.1) is 13.2 Å². The third-order valence-corrected chi connectivity index (χ3v) is 2.13. The van der Waals surface area contributed by atoms with Crippen LogP contribution in [-0.4, -0.2) is 11.3 Å². The van der Waals surface area contributed by atoms with E-state index in [2.05, 4.69) is 9.72 Å². The van der Waals surface area contributed by atoms with Crippen LogP contribution in [0.1, 0.15) is 5.56 Å². The Bertz CT molecular complexity index is 329. The summed E-state index contributed by atoms with van der Waals surface area (Å²) in [6, 6.07) is 0. The van der Waals surface area contributed by atoms with Crippen LogP contribution in [0, 0.1) is 3.57 Å². The van der Waals surface area contributed by atoms with E-state index in [4.69, 9.17) is 5.73 Å². The molecule has 78 valence electrons. The van der Waals surface area contributed by atoms with E-state index in [0.29, 0.717) is 0 Å². The first-order chi connectivity index (χ1) is 6.44. The third-order valence-electron chi connectivity index (χ3n) is 1.36. The minimum atomic E-state index is -4.70. The Labute approximate surface area is 91.6 Å². The standard InChI is InChI=1S/C7H6F3IN2O/c8-7(9,10)14-6-4(1-12)2-13-3-5(6)11/h2-3H,1,12H2. The Kier molecular flexibility index (Phi) is 3.53. The Morgan fingerprint density at radius 3 is 2.57 bits per heavy atom. The van der Waals surface area contributed by atoms with Gasteiger partial charge in [0.05, 0.1) is 3.57 Å². The molecule has 7 heteroatoms. The van der Waals surface area contributed by atoms with Gasteiger partial charge in [-0.2, -0.15) is 0 Å². The average molecular weight is 318 g/mol. The van der Waals surface area contributed by atoms with Crippen LogP contribution in [0.25, 0.3) is 0 Å². The van der Waals surface area contributed by atoms with E-state index in [9.17, 15) is 13.2 Å². The maximum Gasteiger partial charge on any atom is 0.573 e. The summed E-state index contributed by atoms with van der Waals surface area (Å²) in [4.78, 5) is 3.71. The molecule has 0 radical (unpaired) electrons. The van der Waals surface area contributed by atoms with Crippen molar-refractivity contribution in [2.24, 2.45) is 5.73 Å². The lowest BCUT2D eigenvalue weighted by molar-refractivity contribution is -0.275. The lowest BCUT2D eigenvalue weighted by atomic mass is 10.2. The maximum atomic E-state index is 12.0. The van der Waals surface area contributed by atoms with Gasteiger partial charge in [0.2, 0.25) is 0 Å². The quantitative estimate of drug-likeness (QED) is 0.849. The first kappa shape index (κ1) is 11.5. The van der Waals surface area contributed by atoms with E-state index in [1.807, 2.05) is 0 Å². The van der Waals surface area contributed by atoms with Gasteiger partial charge in [0.25, 0.3) is 0 Å². The molecule has 2 N–H and O–H groups in total. The summed E-state index contributed by atoms with van der Waals surface area (Å²) in [7, 11) is 0. The number of nitrogens with two attached hydrogens (primary N) is 1. The first-order valence-corrected chi connectivity index (χ1v) is 4.60. The fourth-order valence-corrected chi connectivity index (χ4v) is 1.46. The van der Waals surface area contributed by atoms with Crippen molar-refractivity contribution in [1.82, 2.24) is 4.98 Å². The van der Waals surface area contributed by atoms with Gasteiger partial charge >= 0.3 is 6.36 Å². The van der Waals surface area contributed by atoms with Crippen molar-refractivity contribution in [3.63, 3.8) is 0 Å². The number of ether oxygens (including phenoxy) is 1. The van der Waals surface area contributed by atoms with E-state index in [1.54, 1.807) is 22.6 Å². The highest BCUT2D eigenvalue weighted by Gasteiger charge is 2.32. The van der Waals surface area contributed by atoms with Crippen molar-refractivity contribution in [3.8, 4) is 5.75 Å². The van der Waals surface area contributed by atoms with Crippen LogP contribution in [0.5, 0.6) is 5.75 Å². The van der Waals surface area contributed by atoms with Gasteiger partial charge in [-0.25, -0.2) is 0 Å². The lowest BCUT2D eigenvalue weighted by Gasteiger charge is -2.13. The summed E-state index contributed by atoms with van der Waals surface area (Å²) in [6.45, 7) is -0.0464. The van der Waals surface area contributed by atoms with E-state index in [1.165, 1.54) is 12.4 Å². The highest BCUT2D eigenvalue weighted by atomic mass is 127. The van der Waals surface area contributed by atoms with Crippen LogP contribution >= 0.6 is 22.6 Å². The summed E-state index contributed by atoms with van der Waals surface area (Å²) >= 11 is 1.71. The molecule has 0 saturated heterocycles. The summed E-state index contributed by atoms with van der Waals surface area (Å²) in [5.41, 5.74) is 5.48. The Morgan fingerprint density at radius 2 is 2.07 bits per heavy atom. The summed E-state index contributed by atoms with van der Waals surface area (Å²) in [5.74, 6) is -0.268. The summed E-state index contributed by atoms with van der Waals surface area (Å²) in [5, 5.41) is 0. The summed E-state index contributed by atoms with van der Waals surface area (Å²) in [6.07, 6.45) is -2.17. The van der Waals surface area contributed by atoms with Crippen molar-refractivity contribution in [3.05, 3.63) is 21.5 Å². The van der Waals surface area contributed by atoms with Crippen LogP contribution in [0.4, 0.5) is 13.2 Å². The number of alkyl halides is 3. The predicted octanol–water partition coefficient (Wildman–Crippen LogP) is 2.04. The van der Waals surface area contributed by atoms with E-state index < -0.39 is 6.36 Å². The van der Waals surface area contributed by atoms with Crippen LogP contribution in [0.2, 0.25) is 0 Å². The molecule has 0 atom stereocenters. The zero-order chi connectivity index (χ0) is 10.8. The minimum absolute atomic E-state index is 0.0464. The number of rotatable bonds is 2. The molecular weight excluding hydrogens is 312 g/mol. The molecule has 0 amide bonds. The van der Waals surface area contributed by atoms with Gasteiger partial charge in [0.1, 0.15) is 5.75 Å². The van der Waals surface area contributed by atoms with Crippen LogP contribution in [0.3, 0.4) is 0 Å². The Morgan fingerprint density at radius 1 is 1.43 bits per heavy atom. The summed E-state index contributed by atoms with van der Waals surface area (Å²) < 4.78 is 40.0. The van der Waals surface area contributed by atoms with Gasteiger partial charge in [0.15, 0.2) is 0 Å². The molecular formula is C7H6F3IN2O. The van der Waals surface area contributed by atoms with Crippen molar-refractivity contribution in [1.29, 1.82) is 0 Å². The maximum absolute atomic E-state index is 12.0. The second kappa shape index (κ2) is 4.30. The number of pyridine rings is 1. The Hall–Kier alpha value is -0.570. The number of nitrogens with zero attached hydrogens (tertiary/aromatic N) is 1. The second-order valence-electron chi connectivity index (χ2n) is 2.36. The van der Waals surface area contributed by atoms with Gasteiger partial charge in [-0.05, 0) is 22.6 Å². The van der Waals surface area contributed by atoms with E-state index >= 15 is 0 Å². The van der Waals surface area contributed by atoms with Crippen molar-refractivity contribution < 1.29 is 17.9 Å². The number of hydrogen-bond donors (Lipinski definition) is 1. The number of aromatic nitrogens is 1. The molecule has 0 aliphatic carbocycles. The molecule has 0 aromatic carbocycles. The molecule has 0 aliphatic heterocycles. The highest BCUT2D eigenvalue weighted by molar-refractivity contribution is 14.1. The SMILES string of the molecule is NCc1cncc(I)c1OC(F)(F)F. The minimum Gasteiger partial charge on any atom is -0.404 e. The van der Waals surface area contributed by atoms with Crippen molar-refractivity contribution in [2.75, 3.05) is 0 Å². The van der Waals surface area contributed by atoms with Gasteiger partial charge < -0.3 is 10.5 Å². The lowest BCUT2D eigenvalue weighted by Crippen LogP contribution is -2.19. The highest BCUT2D eigenvalue weighted by Crippen LogP contribution is 2.29. The van der Waals surface area contributed by atoms with Crippen molar-refractivity contribution >= 4 is 22.6 Å². The average Bonchev–Trinajstić information content (AvgIpc) is 2.06. The zero-order valence-electron chi connectivity index (χ0n) is 6.81. The van der Waals surface area contributed by atoms with Gasteiger partial charge in [-0.3, -0.25) is 4.98 Å². The fraction of sp³-hybridized carbons (Fsp3) is 0.286. The third kappa shape index (κ3) is 2.98.